The predicted molar refractivity (Wildman–Crippen MR) is 82.4 cm³/mol. The van der Waals surface area contributed by atoms with Crippen molar-refractivity contribution >= 4 is 27.7 Å². The van der Waals surface area contributed by atoms with Crippen LogP contribution in [0, 0.1) is 0 Å². The number of ether oxygens (including phenoxy) is 1. The number of benzene rings is 1. The van der Waals surface area contributed by atoms with Crippen molar-refractivity contribution < 1.29 is 9.53 Å². The van der Waals surface area contributed by atoms with Crippen LogP contribution in [0.3, 0.4) is 0 Å². The fourth-order valence-electron chi connectivity index (χ4n) is 2.25. The van der Waals surface area contributed by atoms with E-state index in [0.29, 0.717) is 19.7 Å². The number of nitrogen functional groups attached to an aromatic ring is 1. The highest BCUT2D eigenvalue weighted by Gasteiger charge is 2.22. The van der Waals surface area contributed by atoms with Crippen molar-refractivity contribution in [1.82, 2.24) is 9.80 Å². The minimum atomic E-state index is -0.213. The van der Waals surface area contributed by atoms with Gasteiger partial charge in [0.2, 0.25) is 0 Å². The van der Waals surface area contributed by atoms with Crippen LogP contribution >= 0.6 is 15.9 Å². The molecule has 1 saturated heterocycles. The lowest BCUT2D eigenvalue weighted by Crippen LogP contribution is -2.48. The average Bonchev–Trinajstić information content (AvgIpc) is 2.43. The summed E-state index contributed by atoms with van der Waals surface area (Å²) in [4.78, 5) is 15.7. The van der Waals surface area contributed by atoms with Crippen LogP contribution in [0.15, 0.2) is 22.7 Å². The highest BCUT2D eigenvalue weighted by molar-refractivity contribution is 9.10. The Kier molecular flexibility index (Phi) is 5.25. The monoisotopic (exact) mass is 341 g/mol. The van der Waals surface area contributed by atoms with Crippen LogP contribution in [0.2, 0.25) is 0 Å². The van der Waals surface area contributed by atoms with Crippen molar-refractivity contribution in [3.63, 3.8) is 0 Å². The Morgan fingerprint density at radius 2 is 2.05 bits per heavy atom. The zero-order valence-electron chi connectivity index (χ0n) is 11.6. The number of amides is 1. The Bertz CT molecular complexity index is 473. The summed E-state index contributed by atoms with van der Waals surface area (Å²) in [6.07, 6.45) is -0.213. The SMILES string of the molecule is CCOC(=O)N1CCN(Cc2ccc(Br)cc2N)CC1. The van der Waals surface area contributed by atoms with E-state index in [1.54, 1.807) is 4.90 Å². The van der Waals surface area contributed by atoms with Crippen molar-refractivity contribution in [2.24, 2.45) is 0 Å². The van der Waals surface area contributed by atoms with Crippen molar-refractivity contribution in [2.45, 2.75) is 13.5 Å². The van der Waals surface area contributed by atoms with Crippen LogP contribution in [-0.4, -0.2) is 48.7 Å². The summed E-state index contributed by atoms with van der Waals surface area (Å²) < 4.78 is 6.00. The maximum absolute atomic E-state index is 11.6. The van der Waals surface area contributed by atoms with Gasteiger partial charge in [-0.25, -0.2) is 4.79 Å². The van der Waals surface area contributed by atoms with Crippen molar-refractivity contribution in [1.29, 1.82) is 0 Å². The summed E-state index contributed by atoms with van der Waals surface area (Å²) in [6.45, 7) is 6.15. The van der Waals surface area contributed by atoms with Crippen molar-refractivity contribution in [3.8, 4) is 0 Å². The van der Waals surface area contributed by atoms with Gasteiger partial charge in [-0.2, -0.15) is 0 Å². The molecule has 1 heterocycles. The lowest BCUT2D eigenvalue weighted by molar-refractivity contribution is 0.0779. The Morgan fingerprint density at radius 1 is 1.35 bits per heavy atom. The quantitative estimate of drug-likeness (QED) is 0.857. The Labute approximate surface area is 127 Å². The van der Waals surface area contributed by atoms with Crippen LogP contribution in [0.5, 0.6) is 0 Å². The normalized spacial score (nSPS) is 16.2. The number of carbonyl (C=O) groups is 1. The molecule has 110 valence electrons. The summed E-state index contributed by atoms with van der Waals surface area (Å²) in [5.41, 5.74) is 7.93. The lowest BCUT2D eigenvalue weighted by atomic mass is 10.1. The van der Waals surface area contributed by atoms with Crippen LogP contribution in [0.25, 0.3) is 0 Å². The molecule has 20 heavy (non-hydrogen) atoms. The summed E-state index contributed by atoms with van der Waals surface area (Å²) in [5.74, 6) is 0. The van der Waals surface area contributed by atoms with Gasteiger partial charge in [-0.15, -0.1) is 0 Å². The van der Waals surface area contributed by atoms with Gasteiger partial charge in [0.1, 0.15) is 0 Å². The standard InChI is InChI=1S/C14H20BrN3O2/c1-2-20-14(19)18-7-5-17(6-8-18)10-11-3-4-12(15)9-13(11)16/h3-4,9H,2,5-8,10,16H2,1H3. The van der Waals surface area contributed by atoms with E-state index in [4.69, 9.17) is 10.5 Å². The van der Waals surface area contributed by atoms with Gasteiger partial charge in [-0.3, -0.25) is 4.90 Å². The number of piperazine rings is 1. The molecule has 2 rings (SSSR count). The molecule has 6 heteroatoms. The smallest absolute Gasteiger partial charge is 0.409 e. The van der Waals surface area contributed by atoms with Crippen LogP contribution < -0.4 is 5.73 Å². The summed E-state index contributed by atoms with van der Waals surface area (Å²) >= 11 is 3.41. The number of rotatable bonds is 3. The molecule has 0 aromatic heterocycles. The maximum atomic E-state index is 11.6. The molecule has 1 aliphatic heterocycles. The van der Waals surface area contributed by atoms with E-state index in [0.717, 1.165) is 35.4 Å². The first-order chi connectivity index (χ1) is 9.60. The van der Waals surface area contributed by atoms with Gasteiger partial charge >= 0.3 is 6.09 Å². The minimum absolute atomic E-state index is 0.213. The van der Waals surface area contributed by atoms with Gasteiger partial charge in [-0.1, -0.05) is 22.0 Å². The second kappa shape index (κ2) is 6.95. The number of anilines is 1. The molecule has 2 N–H and O–H groups in total. The molecule has 0 radical (unpaired) electrons. The molecule has 0 atom stereocenters. The third kappa shape index (κ3) is 3.86. The van der Waals surface area contributed by atoms with Gasteiger partial charge in [0, 0.05) is 42.9 Å². The molecule has 0 aliphatic carbocycles. The van der Waals surface area contributed by atoms with E-state index < -0.39 is 0 Å². The Morgan fingerprint density at radius 3 is 2.65 bits per heavy atom. The van der Waals surface area contributed by atoms with Crippen molar-refractivity contribution in [3.05, 3.63) is 28.2 Å². The first kappa shape index (κ1) is 15.1. The molecule has 1 aromatic carbocycles. The number of hydrogen-bond acceptors (Lipinski definition) is 4. The topological polar surface area (TPSA) is 58.8 Å². The van der Waals surface area contributed by atoms with E-state index in [1.165, 1.54) is 0 Å². The zero-order valence-corrected chi connectivity index (χ0v) is 13.2. The number of nitrogens with two attached hydrogens (primary N) is 1. The fourth-order valence-corrected chi connectivity index (χ4v) is 2.63. The molecule has 0 spiro atoms. The first-order valence-electron chi connectivity index (χ1n) is 6.78. The summed E-state index contributed by atoms with van der Waals surface area (Å²) in [5, 5.41) is 0. The first-order valence-corrected chi connectivity index (χ1v) is 7.57. The molecular formula is C14H20BrN3O2. The second-order valence-electron chi connectivity index (χ2n) is 4.81. The highest BCUT2D eigenvalue weighted by atomic mass is 79.9. The van der Waals surface area contributed by atoms with E-state index in [-0.39, 0.29) is 6.09 Å². The van der Waals surface area contributed by atoms with Gasteiger partial charge in [0.05, 0.1) is 6.61 Å². The van der Waals surface area contributed by atoms with Crippen molar-refractivity contribution in [2.75, 3.05) is 38.5 Å². The third-order valence-electron chi connectivity index (χ3n) is 3.40. The van der Waals surface area contributed by atoms with Crippen LogP contribution in [0.1, 0.15) is 12.5 Å². The van der Waals surface area contributed by atoms with Crippen LogP contribution in [-0.2, 0) is 11.3 Å². The fraction of sp³-hybridized carbons (Fsp3) is 0.500. The van der Waals surface area contributed by atoms with E-state index in [9.17, 15) is 4.79 Å². The molecule has 5 nitrogen and oxygen atoms in total. The van der Waals surface area contributed by atoms with Crippen LogP contribution in [0.4, 0.5) is 10.5 Å². The predicted octanol–water partition coefficient (Wildman–Crippen LogP) is 2.31. The van der Waals surface area contributed by atoms with E-state index in [1.807, 2.05) is 25.1 Å². The Balaban J connectivity index is 1.86. The summed E-state index contributed by atoms with van der Waals surface area (Å²) in [7, 11) is 0. The zero-order chi connectivity index (χ0) is 14.5. The van der Waals surface area contributed by atoms with Gasteiger partial charge < -0.3 is 15.4 Å². The highest BCUT2D eigenvalue weighted by Crippen LogP contribution is 2.20. The molecule has 1 fully saturated rings. The van der Waals surface area contributed by atoms with Gasteiger partial charge in [-0.05, 0) is 24.6 Å². The van der Waals surface area contributed by atoms with E-state index in [2.05, 4.69) is 20.8 Å². The Hall–Kier alpha value is -1.27. The molecule has 0 bridgehead atoms. The largest absolute Gasteiger partial charge is 0.450 e. The third-order valence-corrected chi connectivity index (χ3v) is 3.89. The van der Waals surface area contributed by atoms with Gasteiger partial charge in [0.25, 0.3) is 0 Å². The molecule has 0 saturated carbocycles. The minimum Gasteiger partial charge on any atom is -0.450 e. The lowest BCUT2D eigenvalue weighted by Gasteiger charge is -2.34. The molecule has 1 amide bonds. The second-order valence-corrected chi connectivity index (χ2v) is 5.72. The number of halogens is 1. The molecular weight excluding hydrogens is 322 g/mol. The molecule has 0 unspecified atom stereocenters. The van der Waals surface area contributed by atoms with E-state index >= 15 is 0 Å². The number of nitrogens with zero attached hydrogens (tertiary/aromatic N) is 2. The number of hydrogen-bond donors (Lipinski definition) is 1. The summed E-state index contributed by atoms with van der Waals surface area (Å²) in [6, 6.07) is 5.96. The molecule has 1 aliphatic rings. The van der Waals surface area contributed by atoms with Gasteiger partial charge in [0.15, 0.2) is 0 Å². The average molecular weight is 342 g/mol. The maximum Gasteiger partial charge on any atom is 0.409 e. The number of carbonyl (C=O) groups excluding carboxylic acids is 1. The molecule has 1 aromatic rings.